The zero-order valence-corrected chi connectivity index (χ0v) is 17.6. The van der Waals surface area contributed by atoms with Crippen LogP contribution >= 0.6 is 0 Å². The lowest BCUT2D eigenvalue weighted by atomic mass is 10.2. The fraction of sp³-hybridized carbons (Fsp3) is 0.286. The molecule has 0 saturated carbocycles. The molecule has 1 aromatic heterocycles. The summed E-state index contributed by atoms with van der Waals surface area (Å²) in [5.74, 6) is 0.524. The summed E-state index contributed by atoms with van der Waals surface area (Å²) in [5, 5.41) is 6.54. The van der Waals surface area contributed by atoms with Gasteiger partial charge in [0.1, 0.15) is 11.5 Å². The van der Waals surface area contributed by atoms with Crippen molar-refractivity contribution in [3.05, 3.63) is 71.4 Å². The molecule has 9 heteroatoms. The number of benzene rings is 2. The Bertz CT molecular complexity index is 1090. The van der Waals surface area contributed by atoms with Crippen LogP contribution in [0.15, 0.2) is 57.9 Å². The molecule has 0 aliphatic carbocycles. The van der Waals surface area contributed by atoms with Crippen LogP contribution < -0.4 is 10.1 Å². The van der Waals surface area contributed by atoms with Crippen molar-refractivity contribution in [2.24, 2.45) is 0 Å². The van der Waals surface area contributed by atoms with Crippen LogP contribution in [-0.4, -0.2) is 31.6 Å². The Balaban J connectivity index is 1.48. The van der Waals surface area contributed by atoms with Crippen molar-refractivity contribution < 1.29 is 22.5 Å². The first-order valence-electron chi connectivity index (χ1n) is 9.36. The van der Waals surface area contributed by atoms with Gasteiger partial charge in [-0.15, -0.1) is 0 Å². The minimum atomic E-state index is -3.57. The van der Waals surface area contributed by atoms with Crippen LogP contribution in [0.3, 0.4) is 0 Å². The molecular formula is C21H23N3O5S. The molecule has 1 heterocycles. The number of nitrogens with one attached hydrogen (secondary N) is 1. The first-order valence-corrected chi connectivity index (χ1v) is 11.0. The molecule has 2 aromatic carbocycles. The van der Waals surface area contributed by atoms with E-state index in [1.807, 2.05) is 31.2 Å². The summed E-state index contributed by atoms with van der Waals surface area (Å²) in [7, 11) is -1.97. The highest BCUT2D eigenvalue weighted by Gasteiger charge is 2.19. The van der Waals surface area contributed by atoms with Crippen molar-refractivity contribution >= 4 is 15.7 Å². The van der Waals surface area contributed by atoms with Crippen LogP contribution in [0.25, 0.3) is 0 Å². The maximum atomic E-state index is 12.5. The van der Waals surface area contributed by atoms with Gasteiger partial charge in [-0.05, 0) is 36.8 Å². The smallest absolute Gasteiger partial charge is 0.227 e. The van der Waals surface area contributed by atoms with E-state index in [0.29, 0.717) is 6.54 Å². The summed E-state index contributed by atoms with van der Waals surface area (Å²) < 4.78 is 35.1. The monoisotopic (exact) mass is 429 g/mol. The average molecular weight is 429 g/mol. The van der Waals surface area contributed by atoms with Gasteiger partial charge in [0.05, 0.1) is 12.0 Å². The van der Waals surface area contributed by atoms with E-state index in [1.165, 1.54) is 0 Å². The van der Waals surface area contributed by atoms with E-state index in [4.69, 9.17) is 9.26 Å². The molecule has 0 radical (unpaired) electrons. The molecule has 0 bridgehead atoms. The summed E-state index contributed by atoms with van der Waals surface area (Å²) >= 11 is 0. The Morgan fingerprint density at radius 1 is 1.10 bits per heavy atom. The van der Waals surface area contributed by atoms with Crippen molar-refractivity contribution in [1.82, 2.24) is 15.5 Å². The number of nitrogens with zero attached hydrogens (tertiary/aromatic N) is 2. The second-order valence-corrected chi connectivity index (χ2v) is 8.79. The number of methoxy groups -OCH3 is 1. The Labute approximate surface area is 175 Å². The number of amides is 1. The quantitative estimate of drug-likeness (QED) is 0.556. The standard InChI is InChI=1S/C21H23N3O5S/c1-15-3-9-18(10-4-15)30(26,27)14-19-23-21(29-24-19)12-11-20(25)22-13-16-5-7-17(28-2)8-6-16/h3-10H,11-14H2,1-2H3,(H,22,25). The van der Waals surface area contributed by atoms with Crippen molar-refractivity contribution in [2.45, 2.75) is 37.0 Å². The number of carbonyl (C=O) groups is 1. The fourth-order valence-corrected chi connectivity index (χ4v) is 3.88. The number of hydrogen-bond donors (Lipinski definition) is 1. The number of rotatable bonds is 9. The van der Waals surface area contributed by atoms with Crippen LogP contribution in [-0.2, 0) is 33.4 Å². The van der Waals surface area contributed by atoms with Gasteiger partial charge < -0.3 is 14.6 Å². The van der Waals surface area contributed by atoms with E-state index in [-0.39, 0.29) is 41.1 Å². The lowest BCUT2D eigenvalue weighted by Crippen LogP contribution is -2.23. The lowest BCUT2D eigenvalue weighted by Gasteiger charge is -2.05. The van der Waals surface area contributed by atoms with Crippen molar-refractivity contribution in [2.75, 3.05) is 7.11 Å². The summed E-state index contributed by atoms with van der Waals surface area (Å²) in [5.41, 5.74) is 1.92. The van der Waals surface area contributed by atoms with Gasteiger partial charge in [-0.3, -0.25) is 4.79 Å². The van der Waals surface area contributed by atoms with Crippen LogP contribution in [0.4, 0.5) is 0 Å². The topological polar surface area (TPSA) is 111 Å². The van der Waals surface area contributed by atoms with Gasteiger partial charge in [0.25, 0.3) is 0 Å². The maximum absolute atomic E-state index is 12.5. The third-order valence-electron chi connectivity index (χ3n) is 4.42. The summed E-state index contributed by atoms with van der Waals surface area (Å²) in [6.45, 7) is 2.28. The number of hydrogen-bond acceptors (Lipinski definition) is 7. The van der Waals surface area contributed by atoms with E-state index < -0.39 is 9.84 Å². The molecule has 3 aromatic rings. The van der Waals surface area contributed by atoms with Crippen LogP contribution in [0.2, 0.25) is 0 Å². The molecule has 1 N–H and O–H groups in total. The SMILES string of the molecule is COc1ccc(CNC(=O)CCc2nc(CS(=O)(=O)c3ccc(C)cc3)no2)cc1. The third kappa shape index (κ3) is 5.90. The third-order valence-corrected chi connectivity index (χ3v) is 6.05. The zero-order valence-electron chi connectivity index (χ0n) is 16.8. The minimum Gasteiger partial charge on any atom is -0.497 e. The Kier molecular flexibility index (Phi) is 6.83. The van der Waals surface area contributed by atoms with Gasteiger partial charge in [0.15, 0.2) is 15.7 Å². The molecule has 8 nitrogen and oxygen atoms in total. The summed E-state index contributed by atoms with van der Waals surface area (Å²) in [6.07, 6.45) is 0.383. The highest BCUT2D eigenvalue weighted by molar-refractivity contribution is 7.90. The Hall–Kier alpha value is -3.20. The summed E-state index contributed by atoms with van der Waals surface area (Å²) in [6, 6.07) is 14.0. The van der Waals surface area contributed by atoms with E-state index in [2.05, 4.69) is 15.5 Å². The molecule has 1 amide bonds. The van der Waals surface area contributed by atoms with Crippen LogP contribution in [0.5, 0.6) is 5.75 Å². The molecule has 30 heavy (non-hydrogen) atoms. The van der Waals surface area contributed by atoms with Gasteiger partial charge in [-0.1, -0.05) is 35.0 Å². The number of carbonyl (C=O) groups excluding carboxylic acids is 1. The van der Waals surface area contributed by atoms with Crippen molar-refractivity contribution in [3.8, 4) is 5.75 Å². The minimum absolute atomic E-state index is 0.0733. The fourth-order valence-electron chi connectivity index (χ4n) is 2.70. The Morgan fingerprint density at radius 3 is 2.47 bits per heavy atom. The highest BCUT2D eigenvalue weighted by Crippen LogP contribution is 2.16. The van der Waals surface area contributed by atoms with E-state index >= 15 is 0 Å². The number of aromatic nitrogens is 2. The molecule has 0 aliphatic rings. The van der Waals surface area contributed by atoms with Gasteiger partial charge in [0, 0.05) is 19.4 Å². The van der Waals surface area contributed by atoms with Crippen molar-refractivity contribution in [1.29, 1.82) is 0 Å². The molecule has 0 aliphatic heterocycles. The summed E-state index contributed by atoms with van der Waals surface area (Å²) in [4.78, 5) is 16.3. The maximum Gasteiger partial charge on any atom is 0.227 e. The Morgan fingerprint density at radius 2 is 1.80 bits per heavy atom. The zero-order chi connectivity index (χ0) is 21.6. The lowest BCUT2D eigenvalue weighted by molar-refractivity contribution is -0.121. The van der Waals surface area contributed by atoms with Gasteiger partial charge in [0.2, 0.25) is 11.8 Å². The first kappa shape index (κ1) is 21.5. The first-order chi connectivity index (χ1) is 14.4. The number of aryl methyl sites for hydroxylation is 2. The predicted octanol–water partition coefficient (Wildman–Crippen LogP) is 2.61. The molecule has 0 saturated heterocycles. The van der Waals surface area contributed by atoms with Gasteiger partial charge >= 0.3 is 0 Å². The van der Waals surface area contributed by atoms with Crippen LogP contribution in [0, 0.1) is 6.92 Å². The normalized spacial score (nSPS) is 11.3. The number of sulfone groups is 1. The molecule has 0 unspecified atom stereocenters. The average Bonchev–Trinajstić information content (AvgIpc) is 3.18. The van der Waals surface area contributed by atoms with Gasteiger partial charge in [-0.2, -0.15) is 4.98 Å². The molecular weight excluding hydrogens is 406 g/mol. The molecule has 3 rings (SSSR count). The van der Waals surface area contributed by atoms with E-state index in [1.54, 1.807) is 31.4 Å². The second-order valence-electron chi connectivity index (χ2n) is 6.80. The molecule has 0 spiro atoms. The second kappa shape index (κ2) is 9.53. The largest absolute Gasteiger partial charge is 0.497 e. The van der Waals surface area contributed by atoms with Crippen molar-refractivity contribution in [3.63, 3.8) is 0 Å². The van der Waals surface area contributed by atoms with Gasteiger partial charge in [-0.25, -0.2) is 8.42 Å². The number of ether oxygens (including phenoxy) is 1. The molecule has 158 valence electrons. The molecule has 0 fully saturated rings. The predicted molar refractivity (Wildman–Crippen MR) is 110 cm³/mol. The molecule has 0 atom stereocenters. The van der Waals surface area contributed by atoms with E-state index in [0.717, 1.165) is 16.9 Å². The van der Waals surface area contributed by atoms with Crippen LogP contribution in [0.1, 0.15) is 29.3 Å². The van der Waals surface area contributed by atoms with E-state index in [9.17, 15) is 13.2 Å². The highest BCUT2D eigenvalue weighted by atomic mass is 32.2.